The van der Waals surface area contributed by atoms with E-state index < -0.39 is 0 Å². The first-order chi connectivity index (χ1) is 5.61. The lowest BCUT2D eigenvalue weighted by Crippen LogP contribution is -2.15. The van der Waals surface area contributed by atoms with Crippen LogP contribution in [0.15, 0.2) is 6.20 Å². The van der Waals surface area contributed by atoms with Gasteiger partial charge in [0.05, 0.1) is 11.8 Å². The molecule has 0 spiro atoms. The number of amidine groups is 1. The van der Waals surface area contributed by atoms with Crippen molar-refractivity contribution in [2.75, 3.05) is 5.32 Å². The highest BCUT2D eigenvalue weighted by molar-refractivity contribution is 6.02. The van der Waals surface area contributed by atoms with Crippen molar-refractivity contribution in [2.24, 2.45) is 5.73 Å². The summed E-state index contributed by atoms with van der Waals surface area (Å²) in [7, 11) is 0. The molecule has 0 aromatic carbocycles. The van der Waals surface area contributed by atoms with E-state index in [1.165, 1.54) is 13.1 Å². The minimum atomic E-state index is -0.234. The molecule has 1 amide bonds. The molecule has 0 saturated carbocycles. The second kappa shape index (κ2) is 4.46. The Kier molecular flexibility index (Phi) is 3.93. The summed E-state index contributed by atoms with van der Waals surface area (Å²) in [5.41, 5.74) is 5.60. The van der Waals surface area contributed by atoms with Crippen LogP contribution in [0.25, 0.3) is 0 Å². The monoisotopic (exact) mass is 203 g/mol. The number of nitrogens with one attached hydrogen (secondary N) is 3. The lowest BCUT2D eigenvalue weighted by molar-refractivity contribution is -0.114. The maximum atomic E-state index is 10.6. The molecule has 1 heterocycles. The molecule has 1 aromatic rings. The van der Waals surface area contributed by atoms with Gasteiger partial charge in [0.1, 0.15) is 11.7 Å². The molecule has 0 bridgehead atoms. The zero-order valence-electron chi connectivity index (χ0n) is 6.92. The van der Waals surface area contributed by atoms with Crippen LogP contribution < -0.4 is 11.1 Å². The van der Waals surface area contributed by atoms with E-state index in [2.05, 4.69) is 15.5 Å². The molecule has 72 valence electrons. The van der Waals surface area contributed by atoms with Crippen LogP contribution in [-0.4, -0.2) is 21.9 Å². The molecule has 0 aliphatic rings. The highest BCUT2D eigenvalue weighted by atomic mass is 35.5. The van der Waals surface area contributed by atoms with Crippen molar-refractivity contribution >= 4 is 30.0 Å². The third kappa shape index (κ3) is 2.75. The first kappa shape index (κ1) is 11.4. The van der Waals surface area contributed by atoms with E-state index in [-0.39, 0.29) is 24.1 Å². The highest BCUT2D eigenvalue weighted by Crippen LogP contribution is 2.08. The number of carbonyl (C=O) groups excluding carboxylic acids is 1. The lowest BCUT2D eigenvalue weighted by atomic mass is 10.3. The molecule has 0 aliphatic carbocycles. The van der Waals surface area contributed by atoms with Gasteiger partial charge in [-0.2, -0.15) is 5.10 Å². The van der Waals surface area contributed by atoms with Crippen molar-refractivity contribution in [3.63, 3.8) is 0 Å². The molecule has 1 rings (SSSR count). The van der Waals surface area contributed by atoms with Gasteiger partial charge in [-0.05, 0) is 0 Å². The van der Waals surface area contributed by atoms with Gasteiger partial charge in [-0.15, -0.1) is 12.4 Å². The van der Waals surface area contributed by atoms with Crippen LogP contribution in [0.5, 0.6) is 0 Å². The maximum Gasteiger partial charge on any atom is 0.222 e. The summed E-state index contributed by atoms with van der Waals surface area (Å²) < 4.78 is 0. The number of anilines is 1. The van der Waals surface area contributed by atoms with Crippen LogP contribution in [0.3, 0.4) is 0 Å². The second-order valence-electron chi connectivity index (χ2n) is 2.25. The van der Waals surface area contributed by atoms with E-state index in [1.54, 1.807) is 0 Å². The Morgan fingerprint density at radius 3 is 2.85 bits per heavy atom. The highest BCUT2D eigenvalue weighted by Gasteiger charge is 2.07. The van der Waals surface area contributed by atoms with Gasteiger partial charge in [0, 0.05) is 6.92 Å². The summed E-state index contributed by atoms with van der Waals surface area (Å²) in [6.07, 6.45) is 1.38. The lowest BCUT2D eigenvalue weighted by Gasteiger charge is -1.99. The van der Waals surface area contributed by atoms with E-state index >= 15 is 0 Å². The molecular formula is C6H10ClN5O. The SMILES string of the molecule is CC(=O)Nc1[nH]ncc1C(=N)N.Cl. The average Bonchev–Trinajstić information content (AvgIpc) is 2.33. The van der Waals surface area contributed by atoms with E-state index in [0.29, 0.717) is 11.4 Å². The van der Waals surface area contributed by atoms with Gasteiger partial charge in [0.25, 0.3) is 0 Å². The van der Waals surface area contributed by atoms with Crippen LogP contribution in [-0.2, 0) is 4.79 Å². The van der Waals surface area contributed by atoms with Crippen molar-refractivity contribution in [1.29, 1.82) is 5.41 Å². The molecule has 6 nitrogen and oxygen atoms in total. The fourth-order valence-electron chi connectivity index (χ4n) is 0.762. The number of nitrogens with zero attached hydrogens (tertiary/aromatic N) is 1. The van der Waals surface area contributed by atoms with Crippen molar-refractivity contribution in [3.8, 4) is 0 Å². The topological polar surface area (TPSA) is 108 Å². The maximum absolute atomic E-state index is 10.6. The molecule has 7 heteroatoms. The summed E-state index contributed by atoms with van der Waals surface area (Å²) in [6, 6.07) is 0. The Bertz CT molecular complexity index is 321. The fourth-order valence-corrected chi connectivity index (χ4v) is 0.762. The number of H-pyrrole nitrogens is 1. The number of nitrogens with two attached hydrogens (primary N) is 1. The Balaban J connectivity index is 0.00000144. The molecule has 13 heavy (non-hydrogen) atoms. The Labute approximate surface area is 80.8 Å². The van der Waals surface area contributed by atoms with Gasteiger partial charge < -0.3 is 11.1 Å². The molecule has 0 unspecified atom stereocenters. The van der Waals surface area contributed by atoms with Crippen LogP contribution >= 0.6 is 12.4 Å². The number of hydrogen-bond acceptors (Lipinski definition) is 3. The molecule has 5 N–H and O–H groups in total. The second-order valence-corrected chi connectivity index (χ2v) is 2.25. The summed E-state index contributed by atoms with van der Waals surface area (Å²) >= 11 is 0. The van der Waals surface area contributed by atoms with Gasteiger partial charge in [0.2, 0.25) is 5.91 Å². The third-order valence-corrected chi connectivity index (χ3v) is 1.23. The molecule has 1 aromatic heterocycles. The molecule has 0 fully saturated rings. The summed E-state index contributed by atoms with van der Waals surface area (Å²) in [4.78, 5) is 10.6. The van der Waals surface area contributed by atoms with Gasteiger partial charge in [-0.1, -0.05) is 0 Å². The fraction of sp³-hybridized carbons (Fsp3) is 0.167. The first-order valence-corrected chi connectivity index (χ1v) is 3.26. The van der Waals surface area contributed by atoms with E-state index in [0.717, 1.165) is 0 Å². The van der Waals surface area contributed by atoms with Crippen LogP contribution in [0.2, 0.25) is 0 Å². The van der Waals surface area contributed by atoms with Gasteiger partial charge >= 0.3 is 0 Å². The van der Waals surface area contributed by atoms with E-state index in [9.17, 15) is 4.79 Å². The number of aromatic nitrogens is 2. The zero-order chi connectivity index (χ0) is 9.14. The minimum Gasteiger partial charge on any atom is -0.384 e. The number of amides is 1. The largest absolute Gasteiger partial charge is 0.384 e. The zero-order valence-corrected chi connectivity index (χ0v) is 7.73. The normalized spacial score (nSPS) is 8.69. The molecule has 0 saturated heterocycles. The van der Waals surface area contributed by atoms with Crippen molar-refractivity contribution in [3.05, 3.63) is 11.8 Å². The van der Waals surface area contributed by atoms with E-state index in [4.69, 9.17) is 11.1 Å². The minimum absolute atomic E-state index is 0. The van der Waals surface area contributed by atoms with Crippen molar-refractivity contribution in [2.45, 2.75) is 6.92 Å². The summed E-state index contributed by atoms with van der Waals surface area (Å²) in [6.45, 7) is 1.37. The van der Waals surface area contributed by atoms with Crippen LogP contribution in [0, 0.1) is 5.41 Å². The van der Waals surface area contributed by atoms with Gasteiger partial charge in [-0.3, -0.25) is 15.3 Å². The quantitative estimate of drug-likeness (QED) is 0.404. The number of nitrogen functional groups attached to an aromatic ring is 1. The number of hydrogen-bond donors (Lipinski definition) is 4. The van der Waals surface area contributed by atoms with Gasteiger partial charge in [-0.25, -0.2) is 0 Å². The molecule has 0 aliphatic heterocycles. The smallest absolute Gasteiger partial charge is 0.222 e. The summed E-state index contributed by atoms with van der Waals surface area (Å²) in [5, 5.41) is 15.7. The predicted molar refractivity (Wildman–Crippen MR) is 51.2 cm³/mol. The van der Waals surface area contributed by atoms with E-state index in [1.807, 2.05) is 0 Å². The Morgan fingerprint density at radius 1 is 1.77 bits per heavy atom. The van der Waals surface area contributed by atoms with Crippen molar-refractivity contribution in [1.82, 2.24) is 10.2 Å². The summed E-state index contributed by atoms with van der Waals surface area (Å²) in [5.74, 6) is -0.00995. The number of halogens is 1. The number of rotatable bonds is 2. The number of aromatic amines is 1. The standard InChI is InChI=1S/C6H9N5O.ClH/c1-3(12)10-6-4(5(7)8)2-9-11-6;/h2H,1H3,(H3,7,8)(H2,9,10,11,12);1H. The Morgan fingerprint density at radius 2 is 2.38 bits per heavy atom. The van der Waals surface area contributed by atoms with Crippen molar-refractivity contribution < 1.29 is 4.79 Å². The number of carbonyl (C=O) groups is 1. The molecule has 0 radical (unpaired) electrons. The predicted octanol–water partition coefficient (Wildman–Crippen LogP) is 0.0740. The van der Waals surface area contributed by atoms with Crippen LogP contribution in [0.1, 0.15) is 12.5 Å². The molecular weight excluding hydrogens is 194 g/mol. The third-order valence-electron chi connectivity index (χ3n) is 1.23. The average molecular weight is 204 g/mol. The van der Waals surface area contributed by atoms with Gasteiger partial charge in [0.15, 0.2) is 0 Å². The first-order valence-electron chi connectivity index (χ1n) is 3.26. The molecule has 0 atom stereocenters. The Hall–Kier alpha value is -1.56. The van der Waals surface area contributed by atoms with Crippen LogP contribution in [0.4, 0.5) is 5.82 Å².